The lowest BCUT2D eigenvalue weighted by molar-refractivity contribution is 0.286. The molecule has 0 aliphatic carbocycles. The molecule has 15 heavy (non-hydrogen) atoms. The first-order chi connectivity index (χ1) is 7.36. The van der Waals surface area contributed by atoms with Gasteiger partial charge in [-0.15, -0.1) is 0 Å². The Morgan fingerprint density at radius 3 is 2.87 bits per heavy atom. The number of rotatable bonds is 7. The highest BCUT2D eigenvalue weighted by Crippen LogP contribution is 2.11. The van der Waals surface area contributed by atoms with Crippen molar-refractivity contribution in [1.29, 1.82) is 0 Å². The largest absolute Gasteiger partial charge is 0.478 e. The van der Waals surface area contributed by atoms with Crippen LogP contribution in [0, 0.1) is 0 Å². The summed E-state index contributed by atoms with van der Waals surface area (Å²) in [5, 5.41) is 11.8. The van der Waals surface area contributed by atoms with Crippen LogP contribution in [0.3, 0.4) is 0 Å². The minimum Gasteiger partial charge on any atom is -0.478 e. The number of aromatic nitrogens is 1. The van der Waals surface area contributed by atoms with Crippen LogP contribution < -0.4 is 10.1 Å². The standard InChI is InChI=1S/C11H18N2O2/c1-2-15-11-6-5-10(9-13-11)12-7-3-4-8-14/h5-6,9,12,14H,2-4,7-8H2,1H3. The molecule has 0 aliphatic rings. The van der Waals surface area contributed by atoms with Crippen LogP contribution in [0.4, 0.5) is 5.69 Å². The zero-order chi connectivity index (χ0) is 10.9. The average molecular weight is 210 g/mol. The highest BCUT2D eigenvalue weighted by molar-refractivity contribution is 5.41. The van der Waals surface area contributed by atoms with Gasteiger partial charge in [0.2, 0.25) is 5.88 Å². The Labute approximate surface area is 90.3 Å². The number of ether oxygens (including phenoxy) is 1. The molecule has 0 radical (unpaired) electrons. The van der Waals surface area contributed by atoms with E-state index in [1.807, 2.05) is 19.1 Å². The molecule has 0 amide bonds. The van der Waals surface area contributed by atoms with Crippen molar-refractivity contribution in [3.63, 3.8) is 0 Å². The fourth-order valence-electron chi connectivity index (χ4n) is 1.19. The number of nitrogens with zero attached hydrogens (tertiary/aromatic N) is 1. The molecular formula is C11H18N2O2. The summed E-state index contributed by atoms with van der Waals surface area (Å²) < 4.78 is 5.23. The Morgan fingerprint density at radius 2 is 2.27 bits per heavy atom. The molecule has 0 saturated heterocycles. The predicted molar refractivity (Wildman–Crippen MR) is 60.2 cm³/mol. The van der Waals surface area contributed by atoms with Crippen molar-refractivity contribution in [3.05, 3.63) is 18.3 Å². The van der Waals surface area contributed by atoms with E-state index in [0.29, 0.717) is 12.5 Å². The van der Waals surface area contributed by atoms with Crippen molar-refractivity contribution in [2.24, 2.45) is 0 Å². The van der Waals surface area contributed by atoms with Crippen molar-refractivity contribution in [1.82, 2.24) is 4.98 Å². The summed E-state index contributed by atoms with van der Waals surface area (Å²) in [7, 11) is 0. The Kier molecular flexibility index (Phi) is 5.55. The Morgan fingerprint density at radius 1 is 1.40 bits per heavy atom. The van der Waals surface area contributed by atoms with Crippen LogP contribution in [0.2, 0.25) is 0 Å². The van der Waals surface area contributed by atoms with Crippen LogP contribution in [-0.4, -0.2) is 29.8 Å². The molecule has 84 valence electrons. The molecule has 0 spiro atoms. The molecule has 1 rings (SSSR count). The molecule has 0 aromatic carbocycles. The molecule has 4 nitrogen and oxygen atoms in total. The van der Waals surface area contributed by atoms with E-state index in [4.69, 9.17) is 9.84 Å². The SMILES string of the molecule is CCOc1ccc(NCCCCO)cn1. The van der Waals surface area contributed by atoms with Gasteiger partial charge in [0, 0.05) is 19.2 Å². The number of hydrogen-bond acceptors (Lipinski definition) is 4. The first-order valence-electron chi connectivity index (χ1n) is 5.30. The van der Waals surface area contributed by atoms with E-state index in [1.54, 1.807) is 6.20 Å². The van der Waals surface area contributed by atoms with Gasteiger partial charge in [-0.1, -0.05) is 0 Å². The van der Waals surface area contributed by atoms with E-state index in [9.17, 15) is 0 Å². The minimum absolute atomic E-state index is 0.253. The summed E-state index contributed by atoms with van der Waals surface area (Å²) in [6, 6.07) is 3.79. The average Bonchev–Trinajstić information content (AvgIpc) is 2.27. The zero-order valence-corrected chi connectivity index (χ0v) is 9.07. The first-order valence-corrected chi connectivity index (χ1v) is 5.30. The third kappa shape index (κ3) is 4.65. The number of aliphatic hydroxyl groups excluding tert-OH is 1. The minimum atomic E-state index is 0.253. The van der Waals surface area contributed by atoms with Gasteiger partial charge >= 0.3 is 0 Å². The van der Waals surface area contributed by atoms with Crippen molar-refractivity contribution in [3.8, 4) is 5.88 Å². The van der Waals surface area contributed by atoms with Gasteiger partial charge in [0.15, 0.2) is 0 Å². The number of anilines is 1. The molecule has 1 aromatic rings. The Bertz CT molecular complexity index is 262. The summed E-state index contributed by atoms with van der Waals surface area (Å²) in [4.78, 5) is 4.13. The Hall–Kier alpha value is -1.29. The van der Waals surface area contributed by atoms with Crippen LogP contribution in [-0.2, 0) is 0 Å². The molecule has 4 heteroatoms. The van der Waals surface area contributed by atoms with Crippen LogP contribution in [0.5, 0.6) is 5.88 Å². The van der Waals surface area contributed by atoms with E-state index >= 15 is 0 Å². The van der Waals surface area contributed by atoms with Crippen molar-refractivity contribution < 1.29 is 9.84 Å². The fraction of sp³-hybridized carbons (Fsp3) is 0.545. The van der Waals surface area contributed by atoms with Crippen LogP contribution in [0.25, 0.3) is 0 Å². The summed E-state index contributed by atoms with van der Waals surface area (Å²) in [5.74, 6) is 0.651. The van der Waals surface area contributed by atoms with E-state index in [2.05, 4.69) is 10.3 Å². The van der Waals surface area contributed by atoms with Gasteiger partial charge in [0.05, 0.1) is 18.5 Å². The smallest absolute Gasteiger partial charge is 0.213 e. The van der Waals surface area contributed by atoms with Gasteiger partial charge in [-0.05, 0) is 25.8 Å². The lowest BCUT2D eigenvalue weighted by Gasteiger charge is -2.06. The molecule has 0 unspecified atom stereocenters. The summed E-state index contributed by atoms with van der Waals surface area (Å²) in [5.41, 5.74) is 0.983. The van der Waals surface area contributed by atoms with E-state index in [1.165, 1.54) is 0 Å². The number of unbranched alkanes of at least 4 members (excludes halogenated alkanes) is 1. The highest BCUT2D eigenvalue weighted by atomic mass is 16.5. The molecular weight excluding hydrogens is 192 g/mol. The zero-order valence-electron chi connectivity index (χ0n) is 9.07. The second kappa shape index (κ2) is 7.06. The number of hydrogen-bond donors (Lipinski definition) is 2. The van der Waals surface area contributed by atoms with E-state index < -0.39 is 0 Å². The normalized spacial score (nSPS) is 10.0. The quantitative estimate of drug-likeness (QED) is 0.672. The van der Waals surface area contributed by atoms with E-state index in [0.717, 1.165) is 25.1 Å². The molecule has 0 fully saturated rings. The lowest BCUT2D eigenvalue weighted by Crippen LogP contribution is -2.03. The molecule has 2 N–H and O–H groups in total. The lowest BCUT2D eigenvalue weighted by atomic mass is 10.3. The van der Waals surface area contributed by atoms with E-state index in [-0.39, 0.29) is 6.61 Å². The predicted octanol–water partition coefficient (Wildman–Crippen LogP) is 1.66. The molecule has 0 saturated carbocycles. The second-order valence-corrected chi connectivity index (χ2v) is 3.18. The van der Waals surface area contributed by atoms with Gasteiger partial charge in [-0.2, -0.15) is 0 Å². The van der Waals surface area contributed by atoms with Crippen LogP contribution >= 0.6 is 0 Å². The Balaban J connectivity index is 2.29. The molecule has 1 aromatic heterocycles. The number of aliphatic hydroxyl groups is 1. The van der Waals surface area contributed by atoms with Gasteiger partial charge in [-0.3, -0.25) is 0 Å². The maximum absolute atomic E-state index is 8.60. The van der Waals surface area contributed by atoms with Crippen molar-refractivity contribution >= 4 is 5.69 Å². The van der Waals surface area contributed by atoms with Gasteiger partial charge in [-0.25, -0.2) is 4.98 Å². The van der Waals surface area contributed by atoms with Gasteiger partial charge in [0.25, 0.3) is 0 Å². The van der Waals surface area contributed by atoms with Gasteiger partial charge < -0.3 is 15.2 Å². The maximum atomic E-state index is 8.60. The monoisotopic (exact) mass is 210 g/mol. The highest BCUT2D eigenvalue weighted by Gasteiger charge is 1.95. The summed E-state index contributed by atoms with van der Waals surface area (Å²) >= 11 is 0. The first kappa shape index (κ1) is 11.8. The number of nitrogens with one attached hydrogen (secondary N) is 1. The van der Waals surface area contributed by atoms with Gasteiger partial charge in [0.1, 0.15) is 0 Å². The fourth-order valence-corrected chi connectivity index (χ4v) is 1.19. The van der Waals surface area contributed by atoms with Crippen LogP contribution in [0.15, 0.2) is 18.3 Å². The topological polar surface area (TPSA) is 54.4 Å². The summed E-state index contributed by atoms with van der Waals surface area (Å²) in [6.07, 6.45) is 3.55. The molecule has 0 aliphatic heterocycles. The molecule has 1 heterocycles. The van der Waals surface area contributed by atoms with Crippen molar-refractivity contribution in [2.45, 2.75) is 19.8 Å². The maximum Gasteiger partial charge on any atom is 0.213 e. The second-order valence-electron chi connectivity index (χ2n) is 3.18. The van der Waals surface area contributed by atoms with Crippen LogP contribution in [0.1, 0.15) is 19.8 Å². The third-order valence-corrected chi connectivity index (χ3v) is 1.94. The third-order valence-electron chi connectivity index (χ3n) is 1.94. The molecule has 0 bridgehead atoms. The molecule has 0 atom stereocenters. The number of pyridine rings is 1. The van der Waals surface area contributed by atoms with Crippen molar-refractivity contribution in [2.75, 3.05) is 25.1 Å². The summed E-state index contributed by atoms with van der Waals surface area (Å²) in [6.45, 7) is 3.68.